The first-order valence-electron chi connectivity index (χ1n) is 5.10. The summed E-state index contributed by atoms with van der Waals surface area (Å²) in [6.45, 7) is 1.62. The fourth-order valence-electron chi connectivity index (χ4n) is 1.30. The first kappa shape index (κ1) is 15.1. The Balaban J connectivity index is 3.14. The van der Waals surface area contributed by atoms with Crippen molar-refractivity contribution in [2.24, 2.45) is 0 Å². The molecule has 98 valence electrons. The molecule has 7 heteroatoms. The lowest BCUT2D eigenvalue weighted by Crippen LogP contribution is -2.34. The highest BCUT2D eigenvalue weighted by Crippen LogP contribution is 2.22. The molecule has 1 unspecified atom stereocenters. The number of nitrogens with zero attached hydrogens (tertiary/aromatic N) is 2. The van der Waals surface area contributed by atoms with Crippen molar-refractivity contribution >= 4 is 26.0 Å². The second-order valence-corrected chi connectivity index (χ2v) is 6.66. The third kappa shape index (κ3) is 3.07. The van der Waals surface area contributed by atoms with Gasteiger partial charge in [-0.1, -0.05) is 0 Å². The van der Waals surface area contributed by atoms with E-state index in [4.69, 9.17) is 5.26 Å². The number of halogens is 2. The SMILES string of the molecule is CC(CC#N)N(C)S(=O)(=O)c1ccc(Br)c(F)c1. The second-order valence-electron chi connectivity index (χ2n) is 3.81. The van der Waals surface area contributed by atoms with E-state index in [9.17, 15) is 12.8 Å². The van der Waals surface area contributed by atoms with E-state index in [2.05, 4.69) is 15.9 Å². The zero-order valence-corrected chi connectivity index (χ0v) is 12.3. The highest BCUT2D eigenvalue weighted by Gasteiger charge is 2.25. The van der Waals surface area contributed by atoms with E-state index in [1.54, 1.807) is 6.92 Å². The molecule has 1 atom stereocenters. The van der Waals surface area contributed by atoms with Crippen LogP contribution in [0.4, 0.5) is 4.39 Å². The van der Waals surface area contributed by atoms with Gasteiger partial charge in [-0.25, -0.2) is 12.8 Å². The lowest BCUT2D eigenvalue weighted by atomic mass is 10.3. The normalized spacial score (nSPS) is 13.3. The maximum absolute atomic E-state index is 13.3. The van der Waals surface area contributed by atoms with Gasteiger partial charge in [0.2, 0.25) is 10.0 Å². The molecule has 1 aromatic carbocycles. The van der Waals surface area contributed by atoms with Crippen LogP contribution in [0.15, 0.2) is 27.6 Å². The number of nitriles is 1. The monoisotopic (exact) mass is 334 g/mol. The van der Waals surface area contributed by atoms with Gasteiger partial charge in [-0.05, 0) is 41.1 Å². The molecule has 0 spiro atoms. The van der Waals surface area contributed by atoms with Crippen LogP contribution in [0.5, 0.6) is 0 Å². The van der Waals surface area contributed by atoms with Crippen LogP contribution in [0.3, 0.4) is 0 Å². The highest BCUT2D eigenvalue weighted by atomic mass is 79.9. The third-order valence-electron chi connectivity index (χ3n) is 2.58. The van der Waals surface area contributed by atoms with E-state index in [1.165, 1.54) is 19.2 Å². The van der Waals surface area contributed by atoms with Crippen molar-refractivity contribution in [3.63, 3.8) is 0 Å². The van der Waals surface area contributed by atoms with Gasteiger partial charge in [0.15, 0.2) is 0 Å². The number of hydrogen-bond acceptors (Lipinski definition) is 3. The second kappa shape index (κ2) is 5.78. The summed E-state index contributed by atoms with van der Waals surface area (Å²) in [6.07, 6.45) is 0.0781. The molecule has 0 aliphatic carbocycles. The molecule has 0 saturated carbocycles. The summed E-state index contributed by atoms with van der Waals surface area (Å²) in [5, 5.41) is 8.56. The van der Waals surface area contributed by atoms with Gasteiger partial charge in [0.1, 0.15) is 5.82 Å². The zero-order chi connectivity index (χ0) is 13.9. The average Bonchev–Trinajstić information content (AvgIpc) is 2.31. The van der Waals surface area contributed by atoms with Gasteiger partial charge in [0.05, 0.1) is 21.9 Å². The van der Waals surface area contributed by atoms with Crippen molar-refractivity contribution in [2.45, 2.75) is 24.3 Å². The Kier molecular flexibility index (Phi) is 4.85. The van der Waals surface area contributed by atoms with E-state index < -0.39 is 21.9 Å². The maximum Gasteiger partial charge on any atom is 0.243 e. The zero-order valence-electron chi connectivity index (χ0n) is 9.89. The number of benzene rings is 1. The quantitative estimate of drug-likeness (QED) is 0.849. The first-order chi connectivity index (χ1) is 8.30. The molecule has 4 nitrogen and oxygen atoms in total. The Hall–Kier alpha value is -0.970. The molecule has 0 saturated heterocycles. The summed E-state index contributed by atoms with van der Waals surface area (Å²) >= 11 is 2.96. The minimum absolute atomic E-state index is 0.0781. The fourth-order valence-corrected chi connectivity index (χ4v) is 2.92. The Morgan fingerprint density at radius 1 is 1.56 bits per heavy atom. The Labute approximate surface area is 114 Å². The largest absolute Gasteiger partial charge is 0.243 e. The maximum atomic E-state index is 13.3. The Morgan fingerprint density at radius 3 is 2.67 bits per heavy atom. The van der Waals surface area contributed by atoms with E-state index in [-0.39, 0.29) is 15.8 Å². The highest BCUT2D eigenvalue weighted by molar-refractivity contribution is 9.10. The molecule has 1 rings (SSSR count). The van der Waals surface area contributed by atoms with E-state index >= 15 is 0 Å². The topological polar surface area (TPSA) is 61.2 Å². The molecule has 0 heterocycles. The van der Waals surface area contributed by atoms with Crippen LogP contribution in [0, 0.1) is 17.1 Å². The standard InChI is InChI=1S/C11H12BrFN2O2S/c1-8(5-6-14)15(2)18(16,17)9-3-4-10(12)11(13)7-9/h3-4,7-8H,5H2,1-2H3. The van der Waals surface area contributed by atoms with Crippen molar-refractivity contribution in [3.8, 4) is 6.07 Å². The molecule has 0 aromatic heterocycles. The Morgan fingerprint density at radius 2 is 2.17 bits per heavy atom. The van der Waals surface area contributed by atoms with Crippen LogP contribution in [0.2, 0.25) is 0 Å². The van der Waals surface area contributed by atoms with Gasteiger partial charge < -0.3 is 0 Å². The summed E-state index contributed by atoms with van der Waals surface area (Å²) < 4.78 is 38.9. The van der Waals surface area contributed by atoms with Crippen LogP contribution in [-0.4, -0.2) is 25.8 Å². The lowest BCUT2D eigenvalue weighted by Gasteiger charge is -2.22. The first-order valence-corrected chi connectivity index (χ1v) is 7.34. The molecule has 0 amide bonds. The van der Waals surface area contributed by atoms with Gasteiger partial charge in [0, 0.05) is 13.1 Å². The van der Waals surface area contributed by atoms with E-state index in [0.29, 0.717) is 0 Å². The number of hydrogen-bond donors (Lipinski definition) is 0. The van der Waals surface area contributed by atoms with E-state index in [0.717, 1.165) is 10.4 Å². The van der Waals surface area contributed by atoms with Crippen molar-refractivity contribution in [1.82, 2.24) is 4.31 Å². The van der Waals surface area contributed by atoms with E-state index in [1.807, 2.05) is 6.07 Å². The lowest BCUT2D eigenvalue weighted by molar-refractivity contribution is 0.393. The van der Waals surface area contributed by atoms with Crippen molar-refractivity contribution < 1.29 is 12.8 Å². The van der Waals surface area contributed by atoms with Crippen LogP contribution >= 0.6 is 15.9 Å². The van der Waals surface area contributed by atoms with Gasteiger partial charge >= 0.3 is 0 Å². The summed E-state index contributed by atoms with van der Waals surface area (Å²) in [6, 6.07) is 5.05. The molecular formula is C11H12BrFN2O2S. The number of sulfonamides is 1. The molecule has 1 aromatic rings. The third-order valence-corrected chi connectivity index (χ3v) is 5.19. The van der Waals surface area contributed by atoms with Crippen LogP contribution in [0.25, 0.3) is 0 Å². The summed E-state index contributed by atoms with van der Waals surface area (Å²) in [7, 11) is -2.41. The van der Waals surface area contributed by atoms with Gasteiger partial charge in [-0.3, -0.25) is 0 Å². The Bertz CT molecular complexity index is 583. The molecule has 0 N–H and O–H groups in total. The molecule has 0 fully saturated rings. The predicted molar refractivity (Wildman–Crippen MR) is 68.7 cm³/mol. The smallest absolute Gasteiger partial charge is 0.207 e. The number of rotatable bonds is 4. The van der Waals surface area contributed by atoms with Crippen molar-refractivity contribution in [1.29, 1.82) is 5.26 Å². The minimum atomic E-state index is -3.78. The molecule has 0 radical (unpaired) electrons. The van der Waals surface area contributed by atoms with Crippen molar-refractivity contribution in [3.05, 3.63) is 28.5 Å². The van der Waals surface area contributed by atoms with Crippen LogP contribution < -0.4 is 0 Å². The predicted octanol–water partition coefficient (Wildman–Crippen LogP) is 2.51. The van der Waals surface area contributed by atoms with Crippen LogP contribution in [0.1, 0.15) is 13.3 Å². The summed E-state index contributed by atoms with van der Waals surface area (Å²) in [4.78, 5) is -0.129. The molecule has 0 aliphatic rings. The van der Waals surface area contributed by atoms with Gasteiger partial charge in [-0.15, -0.1) is 0 Å². The molecule has 18 heavy (non-hydrogen) atoms. The molecule has 0 aliphatic heterocycles. The summed E-state index contributed by atoms with van der Waals surface area (Å²) in [5.41, 5.74) is 0. The van der Waals surface area contributed by atoms with Gasteiger partial charge in [-0.2, -0.15) is 9.57 Å². The average molecular weight is 335 g/mol. The van der Waals surface area contributed by atoms with Crippen LogP contribution in [-0.2, 0) is 10.0 Å². The van der Waals surface area contributed by atoms with Gasteiger partial charge in [0.25, 0.3) is 0 Å². The minimum Gasteiger partial charge on any atom is -0.207 e. The fraction of sp³-hybridized carbons (Fsp3) is 0.364. The molecule has 0 bridgehead atoms. The summed E-state index contributed by atoms with van der Waals surface area (Å²) in [5.74, 6) is -0.641. The van der Waals surface area contributed by atoms with Crippen molar-refractivity contribution in [2.75, 3.05) is 7.05 Å². The molecular weight excluding hydrogens is 323 g/mol.